The highest BCUT2D eigenvalue weighted by atomic mass is 16.2. The number of nitrogens with zero attached hydrogens (tertiary/aromatic N) is 3. The molecule has 1 heterocycles. The third-order valence-corrected chi connectivity index (χ3v) is 3.25. The minimum Gasteiger partial charge on any atom is -0.338 e. The standard InChI is InChI=1S/C12H26N4O/c1-4-15-8-10-16(11-9-15)7-5-6-13-12(17)14(2)3/h4-11H2,1-3H3,(H,13,17). The molecule has 0 unspecified atom stereocenters. The van der Waals surface area contributed by atoms with E-state index in [1.807, 2.05) is 0 Å². The van der Waals surface area contributed by atoms with Crippen molar-refractivity contribution in [1.29, 1.82) is 0 Å². The van der Waals surface area contributed by atoms with Gasteiger partial charge in [0.05, 0.1) is 0 Å². The molecule has 0 saturated carbocycles. The van der Waals surface area contributed by atoms with Gasteiger partial charge >= 0.3 is 6.03 Å². The van der Waals surface area contributed by atoms with Gasteiger partial charge in [-0.15, -0.1) is 0 Å². The van der Waals surface area contributed by atoms with Gasteiger partial charge in [-0.2, -0.15) is 0 Å². The molecular weight excluding hydrogens is 216 g/mol. The van der Waals surface area contributed by atoms with Gasteiger partial charge in [-0.25, -0.2) is 4.79 Å². The second kappa shape index (κ2) is 7.50. The van der Waals surface area contributed by atoms with E-state index in [2.05, 4.69) is 22.0 Å². The van der Waals surface area contributed by atoms with E-state index in [-0.39, 0.29) is 6.03 Å². The molecule has 100 valence electrons. The molecule has 5 nitrogen and oxygen atoms in total. The lowest BCUT2D eigenvalue weighted by Gasteiger charge is -2.34. The largest absolute Gasteiger partial charge is 0.338 e. The third kappa shape index (κ3) is 5.37. The molecule has 0 aliphatic carbocycles. The number of nitrogens with one attached hydrogen (secondary N) is 1. The SMILES string of the molecule is CCN1CCN(CCCNC(=O)N(C)C)CC1. The molecule has 0 atom stereocenters. The van der Waals surface area contributed by atoms with Crippen LogP contribution in [0.25, 0.3) is 0 Å². The Morgan fingerprint density at radius 1 is 1.18 bits per heavy atom. The Hall–Kier alpha value is -0.810. The van der Waals surface area contributed by atoms with Gasteiger partial charge in [0.15, 0.2) is 0 Å². The quantitative estimate of drug-likeness (QED) is 0.704. The van der Waals surface area contributed by atoms with E-state index in [1.165, 1.54) is 13.1 Å². The van der Waals surface area contributed by atoms with Crippen LogP contribution < -0.4 is 5.32 Å². The number of rotatable bonds is 5. The monoisotopic (exact) mass is 242 g/mol. The highest BCUT2D eigenvalue weighted by molar-refractivity contribution is 5.73. The lowest BCUT2D eigenvalue weighted by Crippen LogP contribution is -2.46. The summed E-state index contributed by atoms with van der Waals surface area (Å²) in [5.74, 6) is 0. The Kier molecular flexibility index (Phi) is 6.29. The van der Waals surface area contributed by atoms with Crippen LogP contribution in [0.2, 0.25) is 0 Å². The molecule has 1 aliphatic heterocycles. The molecule has 0 aromatic carbocycles. The normalized spacial score (nSPS) is 18.1. The van der Waals surface area contributed by atoms with Crippen LogP contribution >= 0.6 is 0 Å². The number of hydrogen-bond acceptors (Lipinski definition) is 3. The van der Waals surface area contributed by atoms with Crippen LogP contribution in [0.1, 0.15) is 13.3 Å². The van der Waals surface area contributed by atoms with Crippen molar-refractivity contribution in [2.45, 2.75) is 13.3 Å². The van der Waals surface area contributed by atoms with Crippen LogP contribution in [0.3, 0.4) is 0 Å². The molecule has 0 spiro atoms. The molecule has 0 aromatic heterocycles. The van der Waals surface area contributed by atoms with E-state index >= 15 is 0 Å². The zero-order valence-corrected chi connectivity index (χ0v) is 11.4. The summed E-state index contributed by atoms with van der Waals surface area (Å²) in [6, 6.07) is 0.000743. The molecule has 1 N–H and O–H groups in total. The van der Waals surface area contributed by atoms with Gasteiger partial charge in [0.25, 0.3) is 0 Å². The van der Waals surface area contributed by atoms with E-state index in [9.17, 15) is 4.79 Å². The van der Waals surface area contributed by atoms with E-state index in [1.54, 1.807) is 19.0 Å². The van der Waals surface area contributed by atoms with Crippen molar-refractivity contribution in [3.8, 4) is 0 Å². The predicted molar refractivity (Wildman–Crippen MR) is 70.3 cm³/mol. The molecule has 0 aromatic rings. The van der Waals surface area contributed by atoms with E-state index in [4.69, 9.17) is 0 Å². The second-order valence-corrected chi connectivity index (χ2v) is 4.76. The summed E-state index contributed by atoms with van der Waals surface area (Å²) in [6.07, 6.45) is 1.03. The minimum absolute atomic E-state index is 0.000743. The zero-order chi connectivity index (χ0) is 12.7. The average Bonchev–Trinajstić information content (AvgIpc) is 2.35. The van der Waals surface area contributed by atoms with Crippen LogP contribution in [-0.4, -0.2) is 80.6 Å². The number of likely N-dealkylation sites (N-methyl/N-ethyl adjacent to an activating group) is 1. The first kappa shape index (κ1) is 14.3. The van der Waals surface area contributed by atoms with Crippen LogP contribution in [0.15, 0.2) is 0 Å². The lowest BCUT2D eigenvalue weighted by atomic mass is 10.3. The van der Waals surface area contributed by atoms with E-state index in [0.717, 1.165) is 39.1 Å². The van der Waals surface area contributed by atoms with Crippen molar-refractivity contribution in [1.82, 2.24) is 20.0 Å². The lowest BCUT2D eigenvalue weighted by molar-refractivity contribution is 0.136. The van der Waals surface area contributed by atoms with Gasteiger partial charge in [-0.05, 0) is 19.5 Å². The fourth-order valence-electron chi connectivity index (χ4n) is 1.99. The number of carbonyl (C=O) groups is 1. The van der Waals surface area contributed by atoms with Gasteiger partial charge < -0.3 is 20.0 Å². The molecule has 0 bridgehead atoms. The molecule has 17 heavy (non-hydrogen) atoms. The average molecular weight is 242 g/mol. The molecule has 5 heteroatoms. The number of piperazine rings is 1. The summed E-state index contributed by atoms with van der Waals surface area (Å²) in [7, 11) is 3.53. The van der Waals surface area contributed by atoms with Crippen molar-refractivity contribution < 1.29 is 4.79 Å². The maximum atomic E-state index is 11.3. The fourth-order valence-corrected chi connectivity index (χ4v) is 1.99. The van der Waals surface area contributed by atoms with Crippen molar-refractivity contribution in [2.24, 2.45) is 0 Å². The van der Waals surface area contributed by atoms with Crippen molar-refractivity contribution in [3.05, 3.63) is 0 Å². The summed E-state index contributed by atoms with van der Waals surface area (Å²) in [5, 5.41) is 2.89. The van der Waals surface area contributed by atoms with E-state index < -0.39 is 0 Å². The van der Waals surface area contributed by atoms with Gasteiger partial charge in [0.2, 0.25) is 0 Å². The van der Waals surface area contributed by atoms with Crippen LogP contribution in [0, 0.1) is 0 Å². The van der Waals surface area contributed by atoms with Crippen LogP contribution in [-0.2, 0) is 0 Å². The Balaban J connectivity index is 2.02. The summed E-state index contributed by atoms with van der Waals surface area (Å²) in [4.78, 5) is 17.8. The number of hydrogen-bond donors (Lipinski definition) is 1. The molecule has 2 amide bonds. The fraction of sp³-hybridized carbons (Fsp3) is 0.917. The molecule has 1 saturated heterocycles. The Morgan fingerprint density at radius 3 is 2.29 bits per heavy atom. The number of amides is 2. The number of urea groups is 1. The molecule has 1 rings (SSSR count). The summed E-state index contributed by atoms with van der Waals surface area (Å²) in [6.45, 7) is 9.92. The van der Waals surface area contributed by atoms with E-state index in [0.29, 0.717) is 0 Å². The van der Waals surface area contributed by atoms with Crippen molar-refractivity contribution in [3.63, 3.8) is 0 Å². The first-order valence-electron chi connectivity index (χ1n) is 6.53. The van der Waals surface area contributed by atoms with Crippen LogP contribution in [0.5, 0.6) is 0 Å². The first-order chi connectivity index (χ1) is 8.13. The van der Waals surface area contributed by atoms with Gasteiger partial charge in [-0.1, -0.05) is 6.92 Å². The summed E-state index contributed by atoms with van der Waals surface area (Å²) < 4.78 is 0. The molecular formula is C12H26N4O. The maximum absolute atomic E-state index is 11.3. The first-order valence-corrected chi connectivity index (χ1v) is 6.53. The van der Waals surface area contributed by atoms with Crippen LogP contribution in [0.4, 0.5) is 4.79 Å². The minimum atomic E-state index is 0.000743. The summed E-state index contributed by atoms with van der Waals surface area (Å²) in [5.41, 5.74) is 0. The third-order valence-electron chi connectivity index (χ3n) is 3.25. The van der Waals surface area contributed by atoms with Crippen molar-refractivity contribution >= 4 is 6.03 Å². The highest BCUT2D eigenvalue weighted by Crippen LogP contribution is 2.01. The smallest absolute Gasteiger partial charge is 0.316 e. The predicted octanol–water partition coefficient (Wildman–Crippen LogP) is 0.285. The highest BCUT2D eigenvalue weighted by Gasteiger charge is 2.14. The molecule has 0 radical (unpaired) electrons. The Labute approximate surface area is 105 Å². The zero-order valence-electron chi connectivity index (χ0n) is 11.4. The summed E-state index contributed by atoms with van der Waals surface area (Å²) >= 11 is 0. The Bertz CT molecular complexity index is 225. The van der Waals surface area contributed by atoms with Crippen molar-refractivity contribution in [2.75, 3.05) is 59.9 Å². The molecule has 1 fully saturated rings. The molecule has 1 aliphatic rings. The second-order valence-electron chi connectivity index (χ2n) is 4.76. The topological polar surface area (TPSA) is 38.8 Å². The maximum Gasteiger partial charge on any atom is 0.316 e. The Morgan fingerprint density at radius 2 is 1.76 bits per heavy atom. The number of carbonyl (C=O) groups excluding carboxylic acids is 1. The van der Waals surface area contributed by atoms with Gasteiger partial charge in [-0.3, -0.25) is 0 Å². The van der Waals surface area contributed by atoms with Gasteiger partial charge in [0.1, 0.15) is 0 Å². The van der Waals surface area contributed by atoms with Gasteiger partial charge in [0, 0.05) is 46.8 Å².